The maximum absolute atomic E-state index is 5.68. The van der Waals surface area contributed by atoms with Crippen molar-refractivity contribution in [3.63, 3.8) is 0 Å². The zero-order valence-electron chi connectivity index (χ0n) is 11.0. The van der Waals surface area contributed by atoms with E-state index in [1.54, 1.807) is 6.08 Å². The lowest BCUT2D eigenvalue weighted by Crippen LogP contribution is -2.27. The van der Waals surface area contributed by atoms with Gasteiger partial charge in [0.2, 0.25) is 0 Å². The zero-order chi connectivity index (χ0) is 13.1. The number of hydrogen-bond acceptors (Lipinski definition) is 3. The number of benzene rings is 1. The molecule has 0 aromatic heterocycles. The van der Waals surface area contributed by atoms with Crippen molar-refractivity contribution in [3.8, 4) is 5.75 Å². The first-order valence-electron chi connectivity index (χ1n) is 6.35. The Kier molecular flexibility index (Phi) is 7.93. The summed E-state index contributed by atoms with van der Waals surface area (Å²) in [5, 5.41) is 0. The molecule has 1 rings (SSSR count). The number of hydrogen-bond donors (Lipinski definition) is 0. The van der Waals surface area contributed by atoms with Crippen LogP contribution in [-0.4, -0.2) is 32.5 Å². The third kappa shape index (κ3) is 6.42. The summed E-state index contributed by atoms with van der Waals surface area (Å²) in [6.07, 6.45) is 2.68. The molecule has 0 amide bonds. The molecule has 0 radical (unpaired) electrons. The summed E-state index contributed by atoms with van der Waals surface area (Å²) in [6, 6.07) is 9.73. The molecule has 0 fully saturated rings. The van der Waals surface area contributed by atoms with Crippen LogP contribution in [0, 0.1) is 0 Å². The standard InChI is InChI=1S/C15H22O3/c1-3-10-16-12-15(17-11-4-2)13-18-14-8-6-5-7-9-14/h3,5-9,15H,1,4,10-13H2,2H3. The normalized spacial score (nSPS) is 12.1. The monoisotopic (exact) mass is 250 g/mol. The summed E-state index contributed by atoms with van der Waals surface area (Å²) < 4.78 is 16.7. The van der Waals surface area contributed by atoms with Gasteiger partial charge in [-0.05, 0) is 18.6 Å². The summed E-state index contributed by atoms with van der Waals surface area (Å²) in [7, 11) is 0. The van der Waals surface area contributed by atoms with Crippen LogP contribution in [0.5, 0.6) is 5.75 Å². The molecule has 100 valence electrons. The molecule has 0 heterocycles. The van der Waals surface area contributed by atoms with Crippen LogP contribution in [0.3, 0.4) is 0 Å². The average Bonchev–Trinajstić information content (AvgIpc) is 2.42. The van der Waals surface area contributed by atoms with Crippen LogP contribution in [0.15, 0.2) is 43.0 Å². The van der Waals surface area contributed by atoms with Crippen molar-refractivity contribution >= 4 is 0 Å². The number of ether oxygens (including phenoxy) is 3. The van der Waals surface area contributed by atoms with E-state index in [4.69, 9.17) is 14.2 Å². The van der Waals surface area contributed by atoms with Crippen molar-refractivity contribution in [1.82, 2.24) is 0 Å². The molecule has 1 atom stereocenters. The minimum atomic E-state index is -0.0369. The van der Waals surface area contributed by atoms with E-state index in [0.717, 1.165) is 18.8 Å². The molecule has 0 aliphatic heterocycles. The van der Waals surface area contributed by atoms with E-state index in [1.807, 2.05) is 30.3 Å². The summed E-state index contributed by atoms with van der Waals surface area (Å²) >= 11 is 0. The largest absolute Gasteiger partial charge is 0.491 e. The molecule has 0 N–H and O–H groups in total. The molecule has 0 bridgehead atoms. The molecular formula is C15H22O3. The molecule has 0 spiro atoms. The Morgan fingerprint density at radius 3 is 2.67 bits per heavy atom. The van der Waals surface area contributed by atoms with Gasteiger partial charge in [0, 0.05) is 6.61 Å². The highest BCUT2D eigenvalue weighted by Gasteiger charge is 2.10. The lowest BCUT2D eigenvalue weighted by atomic mass is 10.3. The van der Waals surface area contributed by atoms with Gasteiger partial charge in [-0.2, -0.15) is 0 Å². The summed E-state index contributed by atoms with van der Waals surface area (Å²) in [5.74, 6) is 0.853. The van der Waals surface area contributed by atoms with Gasteiger partial charge in [-0.15, -0.1) is 6.58 Å². The Labute approximate surface area is 109 Å². The van der Waals surface area contributed by atoms with Crippen LogP contribution in [0.1, 0.15) is 13.3 Å². The minimum Gasteiger partial charge on any atom is -0.491 e. The van der Waals surface area contributed by atoms with Gasteiger partial charge in [-0.1, -0.05) is 31.2 Å². The maximum atomic E-state index is 5.68. The van der Waals surface area contributed by atoms with Crippen LogP contribution in [0.4, 0.5) is 0 Å². The van der Waals surface area contributed by atoms with Gasteiger partial charge >= 0.3 is 0 Å². The molecule has 1 unspecified atom stereocenters. The van der Waals surface area contributed by atoms with Gasteiger partial charge in [0.1, 0.15) is 18.5 Å². The lowest BCUT2D eigenvalue weighted by molar-refractivity contribution is -0.0317. The Bertz CT molecular complexity index is 311. The maximum Gasteiger partial charge on any atom is 0.119 e. The molecule has 0 aliphatic rings. The van der Waals surface area contributed by atoms with E-state index in [1.165, 1.54) is 0 Å². The van der Waals surface area contributed by atoms with Crippen molar-refractivity contribution in [3.05, 3.63) is 43.0 Å². The molecule has 0 saturated carbocycles. The fourth-order valence-corrected chi connectivity index (χ4v) is 1.42. The van der Waals surface area contributed by atoms with E-state index < -0.39 is 0 Å². The van der Waals surface area contributed by atoms with Gasteiger partial charge in [0.25, 0.3) is 0 Å². The van der Waals surface area contributed by atoms with Crippen LogP contribution < -0.4 is 4.74 Å². The first-order chi connectivity index (χ1) is 8.86. The molecule has 1 aromatic carbocycles. The van der Waals surface area contributed by atoms with Gasteiger partial charge in [-0.25, -0.2) is 0 Å². The Morgan fingerprint density at radius 1 is 1.22 bits per heavy atom. The Balaban J connectivity index is 2.32. The Morgan fingerprint density at radius 2 is 2.00 bits per heavy atom. The smallest absolute Gasteiger partial charge is 0.119 e. The van der Waals surface area contributed by atoms with Crippen molar-refractivity contribution < 1.29 is 14.2 Å². The first-order valence-corrected chi connectivity index (χ1v) is 6.35. The molecule has 18 heavy (non-hydrogen) atoms. The second kappa shape index (κ2) is 9.68. The molecule has 0 saturated heterocycles. The molecular weight excluding hydrogens is 228 g/mol. The molecule has 0 aliphatic carbocycles. The summed E-state index contributed by atoms with van der Waals surface area (Å²) in [6.45, 7) is 7.99. The van der Waals surface area contributed by atoms with Gasteiger partial charge in [0.15, 0.2) is 0 Å². The minimum absolute atomic E-state index is 0.0369. The van der Waals surface area contributed by atoms with Crippen molar-refractivity contribution in [2.75, 3.05) is 26.4 Å². The van der Waals surface area contributed by atoms with Gasteiger partial charge in [0.05, 0.1) is 13.2 Å². The van der Waals surface area contributed by atoms with E-state index in [0.29, 0.717) is 19.8 Å². The van der Waals surface area contributed by atoms with Crippen LogP contribution >= 0.6 is 0 Å². The predicted octanol–water partition coefficient (Wildman–Crippen LogP) is 3.06. The number of rotatable bonds is 10. The first kappa shape index (κ1) is 14.7. The molecule has 3 heteroatoms. The SMILES string of the molecule is C=CCOCC(COc1ccccc1)OCCC. The van der Waals surface area contributed by atoms with E-state index in [9.17, 15) is 0 Å². The fraction of sp³-hybridized carbons (Fsp3) is 0.467. The summed E-state index contributed by atoms with van der Waals surface area (Å²) in [4.78, 5) is 0. The van der Waals surface area contributed by atoms with Crippen molar-refractivity contribution in [1.29, 1.82) is 0 Å². The zero-order valence-corrected chi connectivity index (χ0v) is 11.0. The van der Waals surface area contributed by atoms with E-state index in [-0.39, 0.29) is 6.10 Å². The third-order valence-corrected chi connectivity index (χ3v) is 2.28. The summed E-state index contributed by atoms with van der Waals surface area (Å²) in [5.41, 5.74) is 0. The lowest BCUT2D eigenvalue weighted by Gasteiger charge is -2.18. The highest BCUT2D eigenvalue weighted by atomic mass is 16.6. The predicted molar refractivity (Wildman–Crippen MR) is 73.0 cm³/mol. The van der Waals surface area contributed by atoms with Crippen LogP contribution in [-0.2, 0) is 9.47 Å². The van der Waals surface area contributed by atoms with Crippen molar-refractivity contribution in [2.24, 2.45) is 0 Å². The third-order valence-electron chi connectivity index (χ3n) is 2.28. The average molecular weight is 250 g/mol. The van der Waals surface area contributed by atoms with Gasteiger partial charge < -0.3 is 14.2 Å². The van der Waals surface area contributed by atoms with E-state index >= 15 is 0 Å². The second-order valence-corrected chi connectivity index (χ2v) is 3.94. The number of para-hydroxylation sites is 1. The Hall–Kier alpha value is -1.32. The van der Waals surface area contributed by atoms with E-state index in [2.05, 4.69) is 13.5 Å². The van der Waals surface area contributed by atoms with Crippen LogP contribution in [0.2, 0.25) is 0 Å². The van der Waals surface area contributed by atoms with Gasteiger partial charge in [-0.3, -0.25) is 0 Å². The van der Waals surface area contributed by atoms with Crippen molar-refractivity contribution in [2.45, 2.75) is 19.4 Å². The quantitative estimate of drug-likeness (QED) is 0.472. The fourth-order valence-electron chi connectivity index (χ4n) is 1.42. The highest BCUT2D eigenvalue weighted by molar-refractivity contribution is 5.20. The molecule has 3 nitrogen and oxygen atoms in total. The topological polar surface area (TPSA) is 27.7 Å². The molecule has 1 aromatic rings. The highest BCUT2D eigenvalue weighted by Crippen LogP contribution is 2.09. The second-order valence-electron chi connectivity index (χ2n) is 3.94. The van der Waals surface area contributed by atoms with Crippen LogP contribution in [0.25, 0.3) is 0 Å².